The molecule has 20 heavy (non-hydrogen) atoms. The minimum atomic E-state index is 1.13. The Morgan fingerprint density at radius 2 is 1.90 bits per heavy atom. The van der Waals surface area contributed by atoms with Crippen LogP contribution in [0.25, 0.3) is 5.70 Å². The van der Waals surface area contributed by atoms with Gasteiger partial charge in [0.25, 0.3) is 0 Å². The molecule has 0 saturated carbocycles. The maximum absolute atomic E-state index is 3.29. The third kappa shape index (κ3) is 2.75. The summed E-state index contributed by atoms with van der Waals surface area (Å²) in [6.07, 6.45) is 4.56. The van der Waals surface area contributed by atoms with Gasteiger partial charge in [0.1, 0.15) is 0 Å². The van der Waals surface area contributed by atoms with Crippen LogP contribution in [0.15, 0.2) is 58.3 Å². The summed E-state index contributed by atoms with van der Waals surface area (Å²) in [5, 5.41) is 3.29. The van der Waals surface area contributed by atoms with Crippen LogP contribution in [0.4, 0.5) is 0 Å². The molecule has 1 nitrogen and oxygen atoms in total. The van der Waals surface area contributed by atoms with Gasteiger partial charge in [-0.3, -0.25) is 0 Å². The Morgan fingerprint density at radius 1 is 1.05 bits per heavy atom. The molecule has 1 aliphatic rings. The van der Waals surface area contributed by atoms with Crippen LogP contribution in [-0.4, -0.2) is 7.05 Å². The average Bonchev–Trinajstić information content (AvgIpc) is 2.46. The predicted octanol–water partition coefficient (Wildman–Crippen LogP) is 4.65. The fraction of sp³-hybridized carbons (Fsp3) is 0.222. The smallest absolute Gasteiger partial charge is 0.0373 e. The molecule has 2 aromatic rings. The third-order valence-corrected chi connectivity index (χ3v) is 4.60. The Bertz CT molecular complexity index is 658. The molecule has 1 aliphatic carbocycles. The van der Waals surface area contributed by atoms with Crippen molar-refractivity contribution in [1.29, 1.82) is 0 Å². The number of hydrogen-bond acceptors (Lipinski definition) is 2. The van der Waals surface area contributed by atoms with Crippen molar-refractivity contribution in [2.24, 2.45) is 0 Å². The van der Waals surface area contributed by atoms with Crippen molar-refractivity contribution in [3.05, 3.63) is 65.2 Å². The molecule has 0 atom stereocenters. The molecular weight excluding hydrogens is 262 g/mol. The maximum atomic E-state index is 3.29. The van der Waals surface area contributed by atoms with Crippen molar-refractivity contribution in [2.45, 2.75) is 29.6 Å². The second kappa shape index (κ2) is 5.76. The largest absolute Gasteiger partial charge is 0.388 e. The topological polar surface area (TPSA) is 12.0 Å². The number of nitrogens with one attached hydrogen (secondary N) is 1. The van der Waals surface area contributed by atoms with E-state index >= 15 is 0 Å². The molecule has 1 N–H and O–H groups in total. The Kier molecular flexibility index (Phi) is 3.83. The highest BCUT2D eigenvalue weighted by Crippen LogP contribution is 2.33. The zero-order chi connectivity index (χ0) is 13.9. The van der Waals surface area contributed by atoms with Gasteiger partial charge in [-0.25, -0.2) is 0 Å². The van der Waals surface area contributed by atoms with Gasteiger partial charge in [-0.15, -0.1) is 0 Å². The summed E-state index contributed by atoms with van der Waals surface area (Å²) < 4.78 is 0. The van der Waals surface area contributed by atoms with Crippen LogP contribution in [0.1, 0.15) is 23.1 Å². The fourth-order valence-corrected chi connectivity index (χ4v) is 3.64. The highest BCUT2D eigenvalue weighted by Gasteiger charge is 2.12. The first kappa shape index (κ1) is 13.3. The van der Waals surface area contributed by atoms with E-state index in [-0.39, 0.29) is 0 Å². The van der Waals surface area contributed by atoms with Gasteiger partial charge in [-0.05, 0) is 49.6 Å². The van der Waals surface area contributed by atoms with Crippen LogP contribution in [0, 0.1) is 6.92 Å². The van der Waals surface area contributed by atoms with Crippen LogP contribution in [-0.2, 0) is 6.42 Å². The van der Waals surface area contributed by atoms with E-state index in [0.717, 1.165) is 12.8 Å². The summed E-state index contributed by atoms with van der Waals surface area (Å²) in [6, 6.07) is 15.5. The summed E-state index contributed by atoms with van der Waals surface area (Å²) in [4.78, 5) is 2.64. The van der Waals surface area contributed by atoms with Crippen LogP contribution in [0.5, 0.6) is 0 Å². The van der Waals surface area contributed by atoms with Gasteiger partial charge in [0, 0.05) is 28.1 Å². The average molecular weight is 281 g/mol. The van der Waals surface area contributed by atoms with Gasteiger partial charge in [0.2, 0.25) is 0 Å². The molecule has 0 amide bonds. The van der Waals surface area contributed by atoms with Crippen LogP contribution in [0.2, 0.25) is 0 Å². The molecule has 0 unspecified atom stereocenters. The SMILES string of the molecule is CNC1=CCCc2cc(Sc3cccc(C)c3)ccc21. The van der Waals surface area contributed by atoms with Gasteiger partial charge >= 0.3 is 0 Å². The molecular formula is C18H19NS. The monoisotopic (exact) mass is 281 g/mol. The van der Waals surface area contributed by atoms with Crippen molar-refractivity contribution < 1.29 is 0 Å². The van der Waals surface area contributed by atoms with Gasteiger partial charge in [-0.1, -0.05) is 41.6 Å². The third-order valence-electron chi connectivity index (χ3n) is 3.62. The minimum absolute atomic E-state index is 1.13. The molecule has 0 fully saturated rings. The van der Waals surface area contributed by atoms with Crippen LogP contribution in [0.3, 0.4) is 0 Å². The minimum Gasteiger partial charge on any atom is -0.388 e. The van der Waals surface area contributed by atoms with Gasteiger partial charge < -0.3 is 5.32 Å². The fourth-order valence-electron chi connectivity index (χ4n) is 2.64. The number of aryl methyl sites for hydroxylation is 2. The molecule has 0 bridgehead atoms. The van der Waals surface area contributed by atoms with Gasteiger partial charge in [0.15, 0.2) is 0 Å². The first-order valence-corrected chi connectivity index (χ1v) is 7.83. The number of rotatable bonds is 3. The van der Waals surface area contributed by atoms with Crippen molar-refractivity contribution in [3.63, 3.8) is 0 Å². The molecule has 0 spiro atoms. The molecule has 2 heteroatoms. The normalized spacial score (nSPS) is 13.6. The lowest BCUT2D eigenvalue weighted by molar-refractivity contribution is 0.941. The lowest BCUT2D eigenvalue weighted by Crippen LogP contribution is -2.10. The van der Waals surface area contributed by atoms with Gasteiger partial charge in [0.05, 0.1) is 0 Å². The van der Waals surface area contributed by atoms with E-state index in [1.807, 2.05) is 18.8 Å². The number of benzene rings is 2. The predicted molar refractivity (Wildman–Crippen MR) is 87.1 cm³/mol. The molecule has 0 aromatic heterocycles. The van der Waals surface area contributed by atoms with Crippen molar-refractivity contribution in [2.75, 3.05) is 7.05 Å². The Morgan fingerprint density at radius 3 is 2.70 bits per heavy atom. The molecule has 3 rings (SSSR count). The second-order valence-electron chi connectivity index (χ2n) is 5.14. The standard InChI is InChI=1S/C18H19NS/c1-13-5-3-7-15(11-13)20-16-9-10-17-14(12-16)6-4-8-18(17)19-2/h3,5,7-12,19H,4,6H2,1-2H3. The Hall–Kier alpha value is -1.67. The van der Waals surface area contributed by atoms with Gasteiger partial charge in [-0.2, -0.15) is 0 Å². The van der Waals surface area contributed by atoms with Crippen molar-refractivity contribution >= 4 is 17.5 Å². The lowest BCUT2D eigenvalue weighted by atomic mass is 9.95. The quantitative estimate of drug-likeness (QED) is 0.878. The highest BCUT2D eigenvalue weighted by atomic mass is 32.2. The van der Waals surface area contributed by atoms with E-state index < -0.39 is 0 Å². The number of hydrogen-bond donors (Lipinski definition) is 1. The first-order chi connectivity index (χ1) is 9.76. The summed E-state index contributed by atoms with van der Waals surface area (Å²) in [5.41, 5.74) is 5.38. The zero-order valence-electron chi connectivity index (χ0n) is 11.9. The van der Waals surface area contributed by atoms with Crippen molar-refractivity contribution in [3.8, 4) is 0 Å². The lowest BCUT2D eigenvalue weighted by Gasteiger charge is -2.18. The second-order valence-corrected chi connectivity index (χ2v) is 6.29. The van der Waals surface area contributed by atoms with E-state index in [0.29, 0.717) is 0 Å². The maximum Gasteiger partial charge on any atom is 0.0373 e. The summed E-state index contributed by atoms with van der Waals surface area (Å²) in [5.74, 6) is 0. The van der Waals surface area contributed by atoms with Crippen LogP contribution < -0.4 is 5.32 Å². The zero-order valence-corrected chi connectivity index (χ0v) is 12.8. The van der Waals surface area contributed by atoms with E-state index in [1.54, 1.807) is 0 Å². The molecule has 2 aromatic carbocycles. The summed E-state index contributed by atoms with van der Waals surface area (Å²) >= 11 is 1.84. The van der Waals surface area contributed by atoms with E-state index in [2.05, 4.69) is 60.8 Å². The molecule has 0 saturated heterocycles. The molecule has 0 aliphatic heterocycles. The summed E-state index contributed by atoms with van der Waals surface area (Å²) in [7, 11) is 2.00. The highest BCUT2D eigenvalue weighted by molar-refractivity contribution is 7.99. The Labute approximate surface area is 125 Å². The first-order valence-electron chi connectivity index (χ1n) is 7.02. The van der Waals surface area contributed by atoms with Crippen molar-refractivity contribution in [1.82, 2.24) is 5.32 Å². The molecule has 0 radical (unpaired) electrons. The van der Waals surface area contributed by atoms with Crippen LogP contribution >= 0.6 is 11.8 Å². The summed E-state index contributed by atoms with van der Waals surface area (Å²) in [6.45, 7) is 2.14. The number of allylic oxidation sites excluding steroid dienone is 1. The molecule has 0 heterocycles. The van der Waals surface area contributed by atoms with E-state index in [1.165, 1.54) is 32.2 Å². The van der Waals surface area contributed by atoms with E-state index in [4.69, 9.17) is 0 Å². The van der Waals surface area contributed by atoms with E-state index in [9.17, 15) is 0 Å². The molecule has 102 valence electrons. The Balaban J connectivity index is 1.88. The number of fused-ring (bicyclic) bond motifs is 1.